The lowest BCUT2D eigenvalue weighted by Gasteiger charge is -2.19. The topological polar surface area (TPSA) is 104 Å². The fraction of sp³-hybridized carbons (Fsp3) is 0.167. The molecule has 0 unspecified atom stereocenters. The minimum absolute atomic E-state index is 0.000487. The Morgan fingerprint density at radius 3 is 2.50 bits per heavy atom. The fourth-order valence-electron chi connectivity index (χ4n) is 2.99. The smallest absolute Gasteiger partial charge is 0.347 e. The van der Waals surface area contributed by atoms with E-state index in [2.05, 4.69) is 0 Å². The number of benzene rings is 2. The van der Waals surface area contributed by atoms with Crippen LogP contribution in [0.4, 0.5) is 0 Å². The van der Waals surface area contributed by atoms with Gasteiger partial charge in [0, 0.05) is 17.5 Å². The molecule has 132 valence electrons. The van der Waals surface area contributed by atoms with E-state index in [1.54, 1.807) is 6.07 Å². The number of ether oxygens (including phenoxy) is 2. The Morgan fingerprint density at radius 2 is 1.77 bits per heavy atom. The van der Waals surface area contributed by atoms with E-state index in [4.69, 9.17) is 9.47 Å². The van der Waals surface area contributed by atoms with Crippen LogP contribution in [0.25, 0.3) is 0 Å². The quantitative estimate of drug-likeness (QED) is 0.629. The van der Waals surface area contributed by atoms with E-state index in [0.717, 1.165) is 6.07 Å². The molecule has 2 aromatic rings. The Labute approximate surface area is 148 Å². The van der Waals surface area contributed by atoms with Crippen molar-refractivity contribution >= 4 is 27.6 Å². The Morgan fingerprint density at radius 1 is 1.04 bits per heavy atom. The van der Waals surface area contributed by atoms with Crippen LogP contribution in [0.3, 0.4) is 0 Å². The molecular weight excluding hydrogens is 360 g/mol. The molecule has 0 amide bonds. The van der Waals surface area contributed by atoms with Gasteiger partial charge in [-0.3, -0.25) is 4.79 Å². The average molecular weight is 372 g/mol. The third-order valence-electron chi connectivity index (χ3n) is 4.31. The third-order valence-corrected chi connectivity index (χ3v) is 6.16. The normalized spacial score (nSPS) is 20.1. The van der Waals surface area contributed by atoms with Gasteiger partial charge in [-0.05, 0) is 30.3 Å². The van der Waals surface area contributed by atoms with Crippen LogP contribution in [0.15, 0.2) is 52.3 Å². The molecule has 2 heterocycles. The SMILES string of the molecule is O=C(O[C@@H]1CCOC1=O)c1ccc2c(c1)S(=O)(=O)c1ccccc1C2=O. The van der Waals surface area contributed by atoms with E-state index >= 15 is 0 Å². The van der Waals surface area contributed by atoms with Crippen molar-refractivity contribution in [2.24, 2.45) is 0 Å². The minimum atomic E-state index is -3.95. The molecule has 7 nitrogen and oxygen atoms in total. The molecule has 0 aliphatic carbocycles. The Bertz CT molecular complexity index is 1070. The van der Waals surface area contributed by atoms with Crippen LogP contribution < -0.4 is 0 Å². The summed E-state index contributed by atoms with van der Waals surface area (Å²) in [5.41, 5.74) is 0.0451. The van der Waals surface area contributed by atoms with Crippen molar-refractivity contribution in [2.45, 2.75) is 22.3 Å². The van der Waals surface area contributed by atoms with Crippen LogP contribution in [-0.2, 0) is 24.1 Å². The first-order valence-corrected chi connectivity index (χ1v) is 9.28. The summed E-state index contributed by atoms with van der Waals surface area (Å²) in [5.74, 6) is -1.91. The van der Waals surface area contributed by atoms with E-state index in [0.29, 0.717) is 0 Å². The number of hydrogen-bond acceptors (Lipinski definition) is 7. The van der Waals surface area contributed by atoms with E-state index < -0.39 is 33.7 Å². The van der Waals surface area contributed by atoms with Gasteiger partial charge in [0.1, 0.15) is 0 Å². The lowest BCUT2D eigenvalue weighted by Crippen LogP contribution is -2.24. The van der Waals surface area contributed by atoms with Gasteiger partial charge in [-0.2, -0.15) is 0 Å². The Balaban J connectivity index is 1.75. The highest BCUT2D eigenvalue weighted by Gasteiger charge is 2.36. The van der Waals surface area contributed by atoms with Gasteiger partial charge in [0.15, 0.2) is 5.78 Å². The maximum atomic E-state index is 12.8. The van der Waals surface area contributed by atoms with Crippen molar-refractivity contribution in [3.05, 3.63) is 59.2 Å². The maximum Gasteiger partial charge on any atom is 0.347 e. The summed E-state index contributed by atoms with van der Waals surface area (Å²) in [6.45, 7) is 0.167. The number of carbonyl (C=O) groups excluding carboxylic acids is 3. The molecule has 1 saturated heterocycles. The fourth-order valence-corrected chi connectivity index (χ4v) is 4.67. The van der Waals surface area contributed by atoms with Gasteiger partial charge in [-0.25, -0.2) is 18.0 Å². The van der Waals surface area contributed by atoms with Crippen LogP contribution in [-0.4, -0.2) is 38.9 Å². The Hall–Kier alpha value is -3.00. The number of carbonyl (C=O) groups is 3. The summed E-state index contributed by atoms with van der Waals surface area (Å²) in [5, 5.41) is 0. The second kappa shape index (κ2) is 5.77. The van der Waals surface area contributed by atoms with Gasteiger partial charge < -0.3 is 9.47 Å². The van der Waals surface area contributed by atoms with Gasteiger partial charge in [-0.1, -0.05) is 12.1 Å². The van der Waals surface area contributed by atoms with Crippen LogP contribution in [0, 0.1) is 0 Å². The zero-order valence-corrected chi connectivity index (χ0v) is 14.1. The molecule has 2 aromatic carbocycles. The molecule has 0 bridgehead atoms. The van der Waals surface area contributed by atoms with E-state index in [1.807, 2.05) is 0 Å². The lowest BCUT2D eigenvalue weighted by molar-refractivity contribution is -0.145. The molecule has 2 aliphatic heterocycles. The van der Waals surface area contributed by atoms with E-state index in [-0.39, 0.29) is 39.5 Å². The van der Waals surface area contributed by atoms with Crippen LogP contribution in [0.5, 0.6) is 0 Å². The van der Waals surface area contributed by atoms with Crippen molar-refractivity contribution in [2.75, 3.05) is 6.61 Å². The molecule has 8 heteroatoms. The first-order chi connectivity index (χ1) is 12.4. The average Bonchev–Trinajstić information content (AvgIpc) is 3.04. The van der Waals surface area contributed by atoms with Gasteiger partial charge >= 0.3 is 11.9 Å². The van der Waals surface area contributed by atoms with Crippen LogP contribution in [0.1, 0.15) is 32.7 Å². The molecule has 0 aromatic heterocycles. The third kappa shape index (κ3) is 2.41. The van der Waals surface area contributed by atoms with E-state index in [9.17, 15) is 22.8 Å². The summed E-state index contributed by atoms with van der Waals surface area (Å²) in [4.78, 5) is 35.9. The molecule has 0 N–H and O–H groups in total. The zero-order chi connectivity index (χ0) is 18.5. The number of fused-ring (bicyclic) bond motifs is 2. The minimum Gasteiger partial charge on any atom is -0.463 e. The van der Waals surface area contributed by atoms with Crippen molar-refractivity contribution in [3.63, 3.8) is 0 Å². The standard InChI is InChI=1S/C18H12O7S/c19-16-11-3-1-2-4-14(11)26(22,23)15-9-10(5-6-12(15)16)17(20)25-13-7-8-24-18(13)21/h1-6,9,13H,7-8H2/t13-/m1/s1. The number of sulfone groups is 1. The summed E-state index contributed by atoms with van der Waals surface area (Å²) < 4.78 is 35.5. The summed E-state index contributed by atoms with van der Waals surface area (Å²) in [6.07, 6.45) is -0.753. The number of cyclic esters (lactones) is 1. The molecule has 26 heavy (non-hydrogen) atoms. The van der Waals surface area contributed by atoms with Crippen molar-refractivity contribution < 1.29 is 32.3 Å². The molecular formula is C18H12O7S. The highest BCUT2D eigenvalue weighted by molar-refractivity contribution is 7.91. The van der Waals surface area contributed by atoms with Gasteiger partial charge in [0.25, 0.3) is 0 Å². The first kappa shape index (κ1) is 16.5. The predicted octanol–water partition coefficient (Wildman–Crippen LogP) is 1.54. The number of rotatable bonds is 2. The number of ketones is 1. The summed E-state index contributed by atoms with van der Waals surface area (Å²) in [7, 11) is -3.95. The molecule has 0 spiro atoms. The molecule has 2 aliphatic rings. The van der Waals surface area contributed by atoms with Crippen molar-refractivity contribution in [1.82, 2.24) is 0 Å². The molecule has 1 atom stereocenters. The van der Waals surface area contributed by atoms with Crippen LogP contribution in [0.2, 0.25) is 0 Å². The number of esters is 2. The highest BCUT2D eigenvalue weighted by Crippen LogP contribution is 2.34. The first-order valence-electron chi connectivity index (χ1n) is 7.80. The largest absolute Gasteiger partial charge is 0.463 e. The second-order valence-electron chi connectivity index (χ2n) is 5.89. The molecule has 1 fully saturated rings. The maximum absolute atomic E-state index is 12.8. The van der Waals surface area contributed by atoms with Crippen molar-refractivity contribution in [1.29, 1.82) is 0 Å². The predicted molar refractivity (Wildman–Crippen MR) is 86.5 cm³/mol. The lowest BCUT2D eigenvalue weighted by atomic mass is 10.0. The van der Waals surface area contributed by atoms with Gasteiger partial charge in [0.05, 0.1) is 22.0 Å². The van der Waals surface area contributed by atoms with Gasteiger partial charge in [-0.15, -0.1) is 0 Å². The van der Waals surface area contributed by atoms with Gasteiger partial charge in [0.2, 0.25) is 15.9 Å². The highest BCUT2D eigenvalue weighted by atomic mass is 32.2. The molecule has 0 saturated carbocycles. The second-order valence-corrected chi connectivity index (χ2v) is 7.78. The molecule has 4 rings (SSSR count). The summed E-state index contributed by atoms with van der Waals surface area (Å²) >= 11 is 0. The number of hydrogen-bond donors (Lipinski definition) is 0. The molecule has 0 radical (unpaired) electrons. The Kier molecular flexibility index (Phi) is 3.66. The zero-order valence-electron chi connectivity index (χ0n) is 13.3. The van der Waals surface area contributed by atoms with Crippen molar-refractivity contribution in [3.8, 4) is 0 Å². The van der Waals surface area contributed by atoms with E-state index in [1.165, 1.54) is 30.3 Å². The van der Waals surface area contributed by atoms with Crippen LogP contribution >= 0.6 is 0 Å². The summed E-state index contributed by atoms with van der Waals surface area (Å²) in [6, 6.07) is 9.62. The monoisotopic (exact) mass is 372 g/mol.